The van der Waals surface area contributed by atoms with Crippen LogP contribution in [0.5, 0.6) is 0 Å². The average Bonchev–Trinajstić information content (AvgIpc) is 2.50. The fourth-order valence-electron chi connectivity index (χ4n) is 2.17. The van der Waals surface area contributed by atoms with Gasteiger partial charge in [-0.3, -0.25) is 4.79 Å². The summed E-state index contributed by atoms with van der Waals surface area (Å²) in [5.41, 5.74) is 1.62. The third-order valence-corrected chi connectivity index (χ3v) is 4.32. The molecule has 0 aliphatic rings. The van der Waals surface area contributed by atoms with Gasteiger partial charge in [0.1, 0.15) is 0 Å². The molecule has 0 radical (unpaired) electrons. The highest BCUT2D eigenvalue weighted by molar-refractivity contribution is 9.10. The first-order valence-electron chi connectivity index (χ1n) is 6.54. The first kappa shape index (κ1) is 15.9. The molecule has 4 heteroatoms. The van der Waals surface area contributed by atoms with Crippen molar-refractivity contribution >= 4 is 37.6 Å². The second-order valence-electron chi connectivity index (χ2n) is 4.67. The Morgan fingerprint density at radius 1 is 1.00 bits per heavy atom. The Bertz CT molecular complexity index is 657. The number of nitriles is 1. The van der Waals surface area contributed by atoms with Gasteiger partial charge in [0.2, 0.25) is 0 Å². The SMILES string of the molecule is N#CCCC(C(=O)c1ccc(Br)cc1)c1ccc(Br)cc1. The predicted molar refractivity (Wildman–Crippen MR) is 90.2 cm³/mol. The molecule has 0 N–H and O–H groups in total. The quantitative estimate of drug-likeness (QED) is 0.616. The lowest BCUT2D eigenvalue weighted by molar-refractivity contribution is 0.0955. The van der Waals surface area contributed by atoms with Crippen LogP contribution in [0.25, 0.3) is 0 Å². The van der Waals surface area contributed by atoms with Crippen LogP contribution in [0.3, 0.4) is 0 Å². The highest BCUT2D eigenvalue weighted by Gasteiger charge is 2.21. The van der Waals surface area contributed by atoms with Gasteiger partial charge >= 0.3 is 0 Å². The lowest BCUT2D eigenvalue weighted by atomic mass is 9.87. The average molecular weight is 407 g/mol. The molecule has 21 heavy (non-hydrogen) atoms. The Labute approximate surface area is 141 Å². The molecular weight excluding hydrogens is 394 g/mol. The van der Waals surface area contributed by atoms with Gasteiger partial charge in [-0.25, -0.2) is 0 Å². The molecule has 0 fully saturated rings. The van der Waals surface area contributed by atoms with E-state index in [1.165, 1.54) is 0 Å². The number of benzene rings is 2. The Morgan fingerprint density at radius 2 is 1.52 bits per heavy atom. The fourth-order valence-corrected chi connectivity index (χ4v) is 2.70. The number of halogens is 2. The molecule has 0 saturated carbocycles. The summed E-state index contributed by atoms with van der Waals surface area (Å²) in [4.78, 5) is 12.7. The number of hydrogen-bond acceptors (Lipinski definition) is 2. The van der Waals surface area contributed by atoms with Crippen molar-refractivity contribution in [1.29, 1.82) is 5.26 Å². The van der Waals surface area contributed by atoms with E-state index in [4.69, 9.17) is 5.26 Å². The van der Waals surface area contributed by atoms with Crippen LogP contribution in [0.4, 0.5) is 0 Å². The normalized spacial score (nSPS) is 11.7. The third kappa shape index (κ3) is 4.26. The number of Topliss-reactive ketones (excluding diaryl/α,β-unsaturated/α-hetero) is 1. The van der Waals surface area contributed by atoms with E-state index < -0.39 is 0 Å². The number of carbonyl (C=O) groups excluding carboxylic acids is 1. The summed E-state index contributed by atoms with van der Waals surface area (Å²) in [5, 5.41) is 8.82. The molecule has 0 aliphatic carbocycles. The van der Waals surface area contributed by atoms with Crippen LogP contribution in [0.15, 0.2) is 57.5 Å². The molecular formula is C17H13Br2NO. The zero-order valence-corrected chi connectivity index (χ0v) is 14.4. The second kappa shape index (κ2) is 7.53. The van der Waals surface area contributed by atoms with Gasteiger partial charge in [-0.1, -0.05) is 56.1 Å². The van der Waals surface area contributed by atoms with Gasteiger partial charge < -0.3 is 0 Å². The summed E-state index contributed by atoms with van der Waals surface area (Å²) in [6.07, 6.45) is 0.899. The van der Waals surface area contributed by atoms with Crippen LogP contribution in [-0.2, 0) is 0 Å². The largest absolute Gasteiger partial charge is 0.293 e. The topological polar surface area (TPSA) is 40.9 Å². The molecule has 1 unspecified atom stereocenters. The van der Waals surface area contributed by atoms with Gasteiger partial charge in [-0.2, -0.15) is 5.26 Å². The number of ketones is 1. The standard InChI is InChI=1S/C17H13Br2NO/c18-14-7-3-12(4-8-14)16(2-1-11-20)17(21)13-5-9-15(19)10-6-13/h3-10,16H,1-2H2. The predicted octanol–water partition coefficient (Wildman–Crippen LogP) is 5.48. The first-order valence-corrected chi connectivity index (χ1v) is 8.12. The zero-order chi connectivity index (χ0) is 15.2. The number of hydrogen-bond donors (Lipinski definition) is 0. The van der Waals surface area contributed by atoms with Gasteiger partial charge in [-0.15, -0.1) is 0 Å². The van der Waals surface area contributed by atoms with Crippen LogP contribution < -0.4 is 0 Å². The summed E-state index contributed by atoms with van der Waals surface area (Å²) in [5.74, 6) is -0.223. The summed E-state index contributed by atoms with van der Waals surface area (Å²) in [6, 6.07) is 17.2. The van der Waals surface area contributed by atoms with Crippen molar-refractivity contribution in [2.24, 2.45) is 0 Å². The third-order valence-electron chi connectivity index (χ3n) is 3.26. The van der Waals surface area contributed by atoms with Crippen LogP contribution >= 0.6 is 31.9 Å². The molecule has 1 atom stereocenters. The van der Waals surface area contributed by atoms with E-state index in [2.05, 4.69) is 37.9 Å². The molecule has 2 aromatic rings. The van der Waals surface area contributed by atoms with E-state index in [9.17, 15) is 4.79 Å². The van der Waals surface area contributed by atoms with Gasteiger partial charge in [0.25, 0.3) is 0 Å². The molecule has 2 aromatic carbocycles. The molecule has 106 valence electrons. The van der Waals surface area contributed by atoms with Crippen molar-refractivity contribution in [3.05, 3.63) is 68.6 Å². The number of nitrogens with zero attached hydrogens (tertiary/aromatic N) is 1. The Balaban J connectivity index is 2.31. The van der Waals surface area contributed by atoms with Crippen molar-refractivity contribution < 1.29 is 4.79 Å². The maximum Gasteiger partial charge on any atom is 0.170 e. The molecule has 0 heterocycles. The maximum absolute atomic E-state index is 12.7. The van der Waals surface area contributed by atoms with Gasteiger partial charge in [0.05, 0.1) is 6.07 Å². The minimum absolute atomic E-state index is 0.0556. The molecule has 0 aliphatic heterocycles. The summed E-state index contributed by atoms with van der Waals surface area (Å²) in [7, 11) is 0. The van der Waals surface area contributed by atoms with E-state index in [0.29, 0.717) is 18.4 Å². The molecule has 0 aromatic heterocycles. The van der Waals surface area contributed by atoms with Crippen molar-refractivity contribution in [1.82, 2.24) is 0 Å². The molecule has 0 spiro atoms. The van der Waals surface area contributed by atoms with E-state index in [0.717, 1.165) is 14.5 Å². The van der Waals surface area contributed by atoms with E-state index in [1.807, 2.05) is 48.5 Å². The smallest absolute Gasteiger partial charge is 0.170 e. The van der Waals surface area contributed by atoms with E-state index in [-0.39, 0.29) is 11.7 Å². The Hall–Kier alpha value is -1.44. The van der Waals surface area contributed by atoms with Crippen molar-refractivity contribution in [2.45, 2.75) is 18.8 Å². The monoisotopic (exact) mass is 405 g/mol. The Morgan fingerprint density at radius 3 is 2.05 bits per heavy atom. The lowest BCUT2D eigenvalue weighted by Gasteiger charge is -2.15. The zero-order valence-electron chi connectivity index (χ0n) is 11.2. The molecule has 2 rings (SSSR count). The molecule has 2 nitrogen and oxygen atoms in total. The minimum atomic E-state index is -0.279. The van der Waals surface area contributed by atoms with Gasteiger partial charge in [0.15, 0.2) is 5.78 Å². The van der Waals surface area contributed by atoms with Crippen LogP contribution in [-0.4, -0.2) is 5.78 Å². The van der Waals surface area contributed by atoms with E-state index >= 15 is 0 Å². The van der Waals surface area contributed by atoms with Gasteiger partial charge in [0, 0.05) is 26.8 Å². The van der Waals surface area contributed by atoms with Gasteiger partial charge in [-0.05, 0) is 36.2 Å². The Kier molecular flexibility index (Phi) is 5.72. The number of rotatable bonds is 5. The van der Waals surface area contributed by atoms with Crippen molar-refractivity contribution in [2.75, 3.05) is 0 Å². The van der Waals surface area contributed by atoms with Crippen molar-refractivity contribution in [3.63, 3.8) is 0 Å². The highest BCUT2D eigenvalue weighted by atomic mass is 79.9. The highest BCUT2D eigenvalue weighted by Crippen LogP contribution is 2.27. The summed E-state index contributed by atoms with van der Waals surface area (Å²) in [6.45, 7) is 0. The van der Waals surface area contributed by atoms with Crippen molar-refractivity contribution in [3.8, 4) is 6.07 Å². The first-order chi connectivity index (χ1) is 10.1. The minimum Gasteiger partial charge on any atom is -0.293 e. The maximum atomic E-state index is 12.7. The van der Waals surface area contributed by atoms with E-state index in [1.54, 1.807) is 0 Å². The van der Waals surface area contributed by atoms with Crippen LogP contribution in [0, 0.1) is 11.3 Å². The summed E-state index contributed by atoms with van der Waals surface area (Å²) >= 11 is 6.76. The summed E-state index contributed by atoms with van der Waals surface area (Å²) < 4.78 is 1.91. The fraction of sp³-hybridized carbons (Fsp3) is 0.176. The van der Waals surface area contributed by atoms with Crippen LogP contribution in [0.1, 0.15) is 34.7 Å². The molecule has 0 bridgehead atoms. The second-order valence-corrected chi connectivity index (χ2v) is 6.50. The number of carbonyl (C=O) groups is 1. The lowest BCUT2D eigenvalue weighted by Crippen LogP contribution is -2.13. The molecule has 0 amide bonds. The van der Waals surface area contributed by atoms with Crippen LogP contribution in [0.2, 0.25) is 0 Å². The molecule has 0 saturated heterocycles.